The Kier molecular flexibility index (Phi) is 3.47. The highest BCUT2D eigenvalue weighted by Crippen LogP contribution is 2.39. The molecule has 2 fully saturated rings. The number of carbonyl (C=O) groups is 1. The number of rotatable bonds is 4. The van der Waals surface area contributed by atoms with Gasteiger partial charge in [0, 0.05) is 13.1 Å². The van der Waals surface area contributed by atoms with E-state index < -0.39 is 6.43 Å². The minimum absolute atomic E-state index is 0.0247. The first kappa shape index (κ1) is 14.4. The highest BCUT2D eigenvalue weighted by atomic mass is 19.3. The summed E-state index contributed by atoms with van der Waals surface area (Å²) in [6, 6.07) is 0. The third-order valence-electron chi connectivity index (χ3n) is 4.22. The van der Waals surface area contributed by atoms with E-state index >= 15 is 0 Å². The second-order valence-electron chi connectivity index (χ2n) is 6.24. The Morgan fingerprint density at radius 2 is 2.19 bits per heavy atom. The maximum atomic E-state index is 13.3. The Bertz CT molecular complexity index is 547. The Morgan fingerprint density at radius 1 is 1.48 bits per heavy atom. The van der Waals surface area contributed by atoms with Crippen molar-refractivity contribution in [3.8, 4) is 0 Å². The van der Waals surface area contributed by atoms with Crippen LogP contribution in [-0.2, 0) is 11.3 Å². The third kappa shape index (κ3) is 2.23. The van der Waals surface area contributed by atoms with Gasteiger partial charge in [-0.3, -0.25) is 9.48 Å². The highest BCUT2D eigenvalue weighted by Gasteiger charge is 2.53. The lowest BCUT2D eigenvalue weighted by Gasteiger charge is -2.57. The van der Waals surface area contributed by atoms with Gasteiger partial charge in [0.25, 0.3) is 12.3 Å². The van der Waals surface area contributed by atoms with Crippen molar-refractivity contribution in [1.29, 1.82) is 0 Å². The molecule has 0 atom stereocenters. The summed E-state index contributed by atoms with van der Waals surface area (Å²) in [6.07, 6.45) is -0.555. The average Bonchev–Trinajstić information content (AvgIpc) is 2.68. The van der Waals surface area contributed by atoms with Gasteiger partial charge in [-0.1, -0.05) is 13.8 Å². The van der Waals surface area contributed by atoms with Crippen LogP contribution in [0.25, 0.3) is 0 Å². The first-order chi connectivity index (χ1) is 9.94. The summed E-state index contributed by atoms with van der Waals surface area (Å²) in [7, 11) is 0. The van der Waals surface area contributed by atoms with Crippen LogP contribution in [-0.4, -0.2) is 45.9 Å². The Labute approximate surface area is 121 Å². The predicted molar refractivity (Wildman–Crippen MR) is 71.2 cm³/mol. The molecule has 21 heavy (non-hydrogen) atoms. The molecule has 0 bridgehead atoms. The normalized spacial score (nSPS) is 20.0. The topological polar surface area (TPSA) is 47.4 Å². The van der Waals surface area contributed by atoms with E-state index in [1.165, 1.54) is 10.9 Å². The molecule has 7 heteroatoms. The van der Waals surface area contributed by atoms with E-state index in [-0.39, 0.29) is 28.6 Å². The van der Waals surface area contributed by atoms with Gasteiger partial charge < -0.3 is 9.64 Å². The summed E-state index contributed by atoms with van der Waals surface area (Å²) < 4.78 is 33.1. The molecular weight excluding hydrogens is 280 g/mol. The number of hydrogen-bond donors (Lipinski definition) is 0. The van der Waals surface area contributed by atoms with Gasteiger partial charge >= 0.3 is 0 Å². The predicted octanol–water partition coefficient (Wildman–Crippen LogP) is 2.09. The minimum Gasteiger partial charge on any atom is -0.376 e. The smallest absolute Gasteiger partial charge is 0.280 e. The number of halogens is 2. The van der Waals surface area contributed by atoms with Crippen molar-refractivity contribution in [3.05, 3.63) is 17.5 Å². The molecule has 3 heterocycles. The molecule has 2 aliphatic rings. The highest BCUT2D eigenvalue weighted by molar-refractivity contribution is 5.96. The van der Waals surface area contributed by atoms with Crippen LogP contribution >= 0.6 is 0 Å². The SMILES string of the molecule is CC(C)Cn1ncc(C(=O)N2CCC23COC3)c1C(F)F. The van der Waals surface area contributed by atoms with Crippen molar-refractivity contribution >= 4 is 5.91 Å². The number of ether oxygens (including phenoxy) is 1. The van der Waals surface area contributed by atoms with Crippen molar-refractivity contribution < 1.29 is 18.3 Å². The molecule has 0 aromatic carbocycles. The molecule has 0 saturated carbocycles. The van der Waals surface area contributed by atoms with Gasteiger partial charge in [-0.15, -0.1) is 0 Å². The molecule has 3 rings (SSSR count). The minimum atomic E-state index is -2.71. The molecule has 5 nitrogen and oxygen atoms in total. The van der Waals surface area contributed by atoms with E-state index in [1.807, 2.05) is 13.8 Å². The zero-order valence-corrected chi connectivity index (χ0v) is 12.2. The molecule has 1 aromatic rings. The van der Waals surface area contributed by atoms with Crippen LogP contribution < -0.4 is 0 Å². The van der Waals surface area contributed by atoms with Gasteiger partial charge in [0.1, 0.15) is 5.69 Å². The fourth-order valence-electron chi connectivity index (χ4n) is 2.92. The molecule has 1 spiro atoms. The maximum Gasteiger partial charge on any atom is 0.280 e. The van der Waals surface area contributed by atoms with Gasteiger partial charge in [0.15, 0.2) is 0 Å². The van der Waals surface area contributed by atoms with E-state index in [0.717, 1.165) is 6.42 Å². The van der Waals surface area contributed by atoms with Crippen LogP contribution in [0.4, 0.5) is 8.78 Å². The summed E-state index contributed by atoms with van der Waals surface area (Å²) in [5.41, 5.74) is -0.496. The summed E-state index contributed by atoms with van der Waals surface area (Å²) in [4.78, 5) is 14.2. The van der Waals surface area contributed by atoms with Crippen LogP contribution in [0, 0.1) is 5.92 Å². The molecule has 116 valence electrons. The van der Waals surface area contributed by atoms with E-state index in [4.69, 9.17) is 4.74 Å². The number of aromatic nitrogens is 2. The molecule has 1 amide bonds. The number of amides is 1. The molecular formula is C14H19F2N3O2. The zero-order valence-electron chi connectivity index (χ0n) is 12.2. The number of nitrogens with zero attached hydrogens (tertiary/aromatic N) is 3. The average molecular weight is 299 g/mol. The molecule has 0 radical (unpaired) electrons. The number of hydrogen-bond acceptors (Lipinski definition) is 3. The first-order valence-corrected chi connectivity index (χ1v) is 7.18. The molecule has 2 aliphatic heterocycles. The maximum absolute atomic E-state index is 13.3. The molecule has 0 N–H and O–H groups in total. The molecule has 1 aromatic heterocycles. The summed E-state index contributed by atoms with van der Waals surface area (Å²) in [6.45, 7) is 5.83. The molecule has 2 saturated heterocycles. The molecule has 0 aliphatic carbocycles. The van der Waals surface area contributed by atoms with Gasteiger partial charge in [-0.05, 0) is 12.3 Å². The fraction of sp³-hybridized carbons (Fsp3) is 0.714. The third-order valence-corrected chi connectivity index (χ3v) is 4.22. The van der Waals surface area contributed by atoms with Crippen molar-refractivity contribution in [2.75, 3.05) is 19.8 Å². The zero-order chi connectivity index (χ0) is 15.2. The summed E-state index contributed by atoms with van der Waals surface area (Å²) in [5.74, 6) is -0.171. The summed E-state index contributed by atoms with van der Waals surface area (Å²) in [5, 5.41) is 3.99. The largest absolute Gasteiger partial charge is 0.376 e. The van der Waals surface area contributed by atoms with Crippen LogP contribution in [0.5, 0.6) is 0 Å². The lowest BCUT2D eigenvalue weighted by atomic mass is 9.82. The quantitative estimate of drug-likeness (QED) is 0.855. The van der Waals surface area contributed by atoms with E-state index in [2.05, 4.69) is 5.10 Å². The lowest BCUT2D eigenvalue weighted by Crippen LogP contribution is -2.72. The standard InChI is InChI=1S/C14H19F2N3O2/c1-9(2)6-19-11(12(15)16)10(5-17-19)13(20)18-4-3-14(18)7-21-8-14/h5,9,12H,3-4,6-8H2,1-2H3. The number of likely N-dealkylation sites (tertiary alicyclic amines) is 1. The van der Waals surface area contributed by atoms with Gasteiger partial charge in [0.2, 0.25) is 0 Å². The van der Waals surface area contributed by atoms with Crippen LogP contribution in [0.2, 0.25) is 0 Å². The van der Waals surface area contributed by atoms with Gasteiger partial charge in [-0.2, -0.15) is 5.10 Å². The number of carbonyl (C=O) groups excluding carboxylic acids is 1. The fourth-order valence-corrected chi connectivity index (χ4v) is 2.92. The van der Waals surface area contributed by atoms with E-state index in [0.29, 0.717) is 26.3 Å². The van der Waals surface area contributed by atoms with Crippen molar-refractivity contribution in [1.82, 2.24) is 14.7 Å². The Morgan fingerprint density at radius 3 is 2.62 bits per heavy atom. The second kappa shape index (κ2) is 5.05. The van der Waals surface area contributed by atoms with Crippen molar-refractivity contribution in [2.45, 2.75) is 38.8 Å². The lowest BCUT2D eigenvalue weighted by molar-refractivity contribution is -0.172. The number of alkyl halides is 2. The summed E-state index contributed by atoms with van der Waals surface area (Å²) >= 11 is 0. The van der Waals surface area contributed by atoms with E-state index in [1.54, 1.807) is 4.90 Å². The van der Waals surface area contributed by atoms with Gasteiger partial charge in [-0.25, -0.2) is 8.78 Å². The Hall–Kier alpha value is -1.50. The van der Waals surface area contributed by atoms with Crippen LogP contribution in [0.15, 0.2) is 6.20 Å². The van der Waals surface area contributed by atoms with Crippen molar-refractivity contribution in [3.63, 3.8) is 0 Å². The Balaban J connectivity index is 1.87. The van der Waals surface area contributed by atoms with Crippen LogP contribution in [0.1, 0.15) is 42.7 Å². The monoisotopic (exact) mass is 299 g/mol. The second-order valence-corrected chi connectivity index (χ2v) is 6.24. The van der Waals surface area contributed by atoms with Gasteiger partial charge in [0.05, 0.1) is 30.5 Å². The van der Waals surface area contributed by atoms with E-state index in [9.17, 15) is 13.6 Å². The first-order valence-electron chi connectivity index (χ1n) is 7.18. The van der Waals surface area contributed by atoms with Crippen molar-refractivity contribution in [2.24, 2.45) is 5.92 Å². The van der Waals surface area contributed by atoms with Crippen LogP contribution in [0.3, 0.4) is 0 Å². The molecule has 0 unspecified atom stereocenters.